The van der Waals surface area contributed by atoms with Gasteiger partial charge in [0.2, 0.25) is 5.91 Å². The van der Waals surface area contributed by atoms with E-state index in [-0.39, 0.29) is 23.8 Å². The van der Waals surface area contributed by atoms with Crippen molar-refractivity contribution in [3.63, 3.8) is 0 Å². The summed E-state index contributed by atoms with van der Waals surface area (Å²) in [5.74, 6) is -0.107. The molecule has 1 saturated heterocycles. The zero-order valence-corrected chi connectivity index (χ0v) is 25.7. The third-order valence-corrected chi connectivity index (χ3v) is 9.20. The molecule has 1 fully saturated rings. The van der Waals surface area contributed by atoms with E-state index in [1.165, 1.54) is 11.8 Å². The maximum absolute atomic E-state index is 14.1. The molecule has 0 bridgehead atoms. The molecule has 0 aliphatic carbocycles. The van der Waals surface area contributed by atoms with Crippen molar-refractivity contribution in [1.29, 1.82) is 0 Å². The van der Waals surface area contributed by atoms with Crippen LogP contribution < -0.4 is 0 Å². The fraction of sp³-hybridized carbons (Fsp3) is 0.433. The van der Waals surface area contributed by atoms with Gasteiger partial charge in [0.1, 0.15) is 16.5 Å². The molecule has 0 N–H and O–H groups in total. The number of allylic oxidation sites excluding steroid dienone is 4. The van der Waals surface area contributed by atoms with E-state index in [0.29, 0.717) is 27.9 Å². The van der Waals surface area contributed by atoms with Gasteiger partial charge in [-0.2, -0.15) is 0 Å². The number of hydrogen-bond acceptors (Lipinski definition) is 5. The molecule has 0 spiro atoms. The number of rotatable bonds is 7. The molecule has 3 atom stereocenters. The van der Waals surface area contributed by atoms with Gasteiger partial charge in [-0.3, -0.25) is 9.59 Å². The second kappa shape index (κ2) is 11.6. The average molecular weight is 588 g/mol. The number of carbonyl (C=O) groups excluding carboxylic acids is 2. The van der Waals surface area contributed by atoms with Crippen LogP contribution in [-0.2, 0) is 9.59 Å². The molecule has 1 aromatic carbocycles. The predicted molar refractivity (Wildman–Crippen MR) is 163 cm³/mol. The van der Waals surface area contributed by atoms with E-state index in [1.807, 2.05) is 49.4 Å². The number of benzene rings is 1. The molecule has 0 unspecified atom stereocenters. The van der Waals surface area contributed by atoms with Crippen LogP contribution in [0.25, 0.3) is 0 Å². The van der Waals surface area contributed by atoms with Gasteiger partial charge in [-0.25, -0.2) is 4.99 Å². The van der Waals surface area contributed by atoms with Crippen LogP contribution in [0.4, 0.5) is 0 Å². The van der Waals surface area contributed by atoms with Crippen LogP contribution >= 0.6 is 35.0 Å². The molecule has 208 valence electrons. The fourth-order valence-corrected chi connectivity index (χ4v) is 6.99. The number of amidine groups is 1. The van der Waals surface area contributed by atoms with E-state index in [0.717, 1.165) is 28.4 Å². The Hall–Kier alpha value is -2.48. The molecule has 39 heavy (non-hydrogen) atoms. The lowest BCUT2D eigenvalue weighted by molar-refractivity contribution is -0.140. The van der Waals surface area contributed by atoms with E-state index >= 15 is 0 Å². The summed E-state index contributed by atoms with van der Waals surface area (Å²) in [6.45, 7) is 13.1. The van der Waals surface area contributed by atoms with E-state index < -0.39 is 11.6 Å². The SMILES string of the molecule is C=C(/C=C\C(Cl)=C/C)[C@]1(C)N=C2SC(C(=O)N3CCC[C@H]3C(=O)N(C)C)=C(C(C)C)N2[C@@H]1c1ccc(Cl)cc1. The number of fused-ring (bicyclic) bond motifs is 1. The summed E-state index contributed by atoms with van der Waals surface area (Å²) in [7, 11) is 3.47. The van der Waals surface area contributed by atoms with Crippen molar-refractivity contribution in [1.82, 2.24) is 14.7 Å². The van der Waals surface area contributed by atoms with Gasteiger partial charge in [0, 0.05) is 36.4 Å². The van der Waals surface area contributed by atoms with Gasteiger partial charge in [-0.05, 0) is 73.7 Å². The highest BCUT2D eigenvalue weighted by atomic mass is 35.5. The Morgan fingerprint density at radius 1 is 1.23 bits per heavy atom. The monoisotopic (exact) mass is 586 g/mol. The predicted octanol–water partition coefficient (Wildman–Crippen LogP) is 6.76. The highest BCUT2D eigenvalue weighted by Crippen LogP contribution is 2.55. The zero-order valence-electron chi connectivity index (χ0n) is 23.4. The maximum Gasteiger partial charge on any atom is 0.263 e. The summed E-state index contributed by atoms with van der Waals surface area (Å²) in [4.78, 5) is 38.3. The van der Waals surface area contributed by atoms with Crippen molar-refractivity contribution >= 4 is 51.9 Å². The van der Waals surface area contributed by atoms with Crippen LogP contribution in [0, 0.1) is 5.92 Å². The number of halogens is 2. The van der Waals surface area contributed by atoms with E-state index in [1.54, 1.807) is 23.9 Å². The summed E-state index contributed by atoms with van der Waals surface area (Å²) in [5.41, 5.74) is 2.01. The van der Waals surface area contributed by atoms with Gasteiger partial charge >= 0.3 is 0 Å². The van der Waals surface area contributed by atoms with E-state index in [2.05, 4.69) is 32.3 Å². The Labute approximate surface area is 246 Å². The van der Waals surface area contributed by atoms with Crippen LogP contribution in [0.15, 0.2) is 75.3 Å². The number of hydrogen-bond donors (Lipinski definition) is 0. The minimum absolute atomic E-state index is 0.0354. The lowest BCUT2D eigenvalue weighted by Gasteiger charge is -2.37. The third kappa shape index (κ3) is 5.46. The normalized spacial score (nSPS) is 25.2. The molecule has 0 aromatic heterocycles. The minimum atomic E-state index is -0.719. The Kier molecular flexibility index (Phi) is 8.74. The van der Waals surface area contributed by atoms with Crippen LogP contribution in [0.5, 0.6) is 0 Å². The largest absolute Gasteiger partial charge is 0.347 e. The van der Waals surface area contributed by atoms with Gasteiger partial charge in [0.25, 0.3) is 5.91 Å². The first-order valence-corrected chi connectivity index (χ1v) is 14.8. The maximum atomic E-state index is 14.1. The fourth-order valence-electron chi connectivity index (χ4n) is 5.44. The van der Waals surface area contributed by atoms with Gasteiger partial charge in [0.15, 0.2) is 5.17 Å². The summed E-state index contributed by atoms with van der Waals surface area (Å²) < 4.78 is 0. The number of aliphatic imine (C=N–C) groups is 1. The van der Waals surface area contributed by atoms with Crippen molar-refractivity contribution in [2.75, 3.05) is 20.6 Å². The molecule has 6 nitrogen and oxygen atoms in total. The van der Waals surface area contributed by atoms with Crippen molar-refractivity contribution in [3.05, 3.63) is 80.9 Å². The number of thioether (sulfide) groups is 1. The molecule has 2 amide bonds. The molecule has 0 saturated carbocycles. The topological polar surface area (TPSA) is 56.2 Å². The molecule has 1 aromatic rings. The molecular formula is C30H36Cl2N4O2S. The van der Waals surface area contributed by atoms with E-state index in [9.17, 15) is 9.59 Å². The number of likely N-dealkylation sites (tertiary alicyclic amines) is 1. The molecule has 3 heterocycles. The molecule has 4 rings (SSSR count). The molecule has 9 heteroatoms. The summed E-state index contributed by atoms with van der Waals surface area (Å²) in [5, 5.41) is 2.02. The van der Waals surface area contributed by atoms with Crippen molar-refractivity contribution in [2.24, 2.45) is 10.9 Å². The average Bonchev–Trinajstić information content (AvgIpc) is 3.59. The number of nitrogens with zero attached hydrogens (tertiary/aromatic N) is 4. The highest BCUT2D eigenvalue weighted by molar-refractivity contribution is 8.18. The van der Waals surface area contributed by atoms with Crippen LogP contribution in [0.3, 0.4) is 0 Å². The standard InChI is InChI=1S/C30H36Cl2N4O2S/c1-8-21(31)14-11-19(4)30(5)26(20-12-15-22(32)16-13-20)36-24(18(2)3)25(39-29(36)33-30)28(38)35-17-9-10-23(35)27(37)34(6)7/h8,11-16,18,23,26H,4,9-10,17H2,1-3,5-7H3/b14-11-,21-8+/t23-,26+,30-/m0/s1. The summed E-state index contributed by atoms with van der Waals surface area (Å²) in [6, 6.07) is 7.08. The Bertz CT molecular complexity index is 1300. The number of amides is 2. The van der Waals surface area contributed by atoms with Gasteiger partial charge in [0.05, 0.1) is 6.04 Å². The number of carbonyl (C=O) groups is 2. The minimum Gasteiger partial charge on any atom is -0.347 e. The first-order chi connectivity index (χ1) is 18.4. The van der Waals surface area contributed by atoms with Crippen LogP contribution in [-0.4, -0.2) is 63.9 Å². The molecular weight excluding hydrogens is 551 g/mol. The first-order valence-electron chi connectivity index (χ1n) is 13.2. The third-order valence-electron chi connectivity index (χ3n) is 7.55. The Morgan fingerprint density at radius 2 is 1.90 bits per heavy atom. The second-order valence-electron chi connectivity index (χ2n) is 10.8. The van der Waals surface area contributed by atoms with Crippen molar-refractivity contribution in [2.45, 2.75) is 58.2 Å². The molecule has 3 aliphatic rings. The Morgan fingerprint density at radius 3 is 2.49 bits per heavy atom. The lowest BCUT2D eigenvalue weighted by atomic mass is 9.81. The number of likely N-dealkylation sites (N-methyl/N-ethyl adjacent to an activating group) is 1. The Balaban J connectivity index is 1.80. The van der Waals surface area contributed by atoms with Gasteiger partial charge in [-0.1, -0.05) is 67.9 Å². The van der Waals surface area contributed by atoms with E-state index in [4.69, 9.17) is 28.2 Å². The summed E-state index contributed by atoms with van der Waals surface area (Å²) >= 11 is 13.9. The molecule has 3 aliphatic heterocycles. The smallest absolute Gasteiger partial charge is 0.263 e. The molecule has 0 radical (unpaired) electrons. The highest BCUT2D eigenvalue weighted by Gasteiger charge is 2.54. The first kappa shape index (κ1) is 29.5. The zero-order chi connectivity index (χ0) is 28.6. The lowest BCUT2D eigenvalue weighted by Crippen LogP contribution is -2.46. The summed E-state index contributed by atoms with van der Waals surface area (Å²) in [6.07, 6.45) is 7.04. The quantitative estimate of drug-likeness (QED) is 0.331. The second-order valence-corrected chi connectivity index (χ2v) is 12.6. The van der Waals surface area contributed by atoms with Crippen molar-refractivity contribution < 1.29 is 9.59 Å². The van der Waals surface area contributed by atoms with Gasteiger partial charge < -0.3 is 14.7 Å². The van der Waals surface area contributed by atoms with Crippen molar-refractivity contribution in [3.8, 4) is 0 Å². The van der Waals surface area contributed by atoms with Crippen LogP contribution in [0.2, 0.25) is 5.02 Å². The van der Waals surface area contributed by atoms with Gasteiger partial charge in [-0.15, -0.1) is 0 Å². The van der Waals surface area contributed by atoms with Crippen LogP contribution in [0.1, 0.15) is 52.1 Å².